The molecule has 0 amide bonds. The van der Waals surface area contributed by atoms with E-state index in [-0.39, 0.29) is 0 Å². The van der Waals surface area contributed by atoms with Crippen LogP contribution in [0.4, 0.5) is 0 Å². The molecule has 2 aromatic rings. The smallest absolute Gasteiger partial charge is 0.107 e. The molecule has 90 valence electrons. The van der Waals surface area contributed by atoms with Gasteiger partial charge < -0.3 is 5.11 Å². The molecule has 0 fully saturated rings. The van der Waals surface area contributed by atoms with Gasteiger partial charge in [-0.15, -0.1) is 11.3 Å². The van der Waals surface area contributed by atoms with Gasteiger partial charge in [0.2, 0.25) is 0 Å². The van der Waals surface area contributed by atoms with Gasteiger partial charge in [-0.3, -0.25) is 0 Å². The van der Waals surface area contributed by atoms with E-state index >= 15 is 0 Å². The molecule has 2 rings (SSSR count). The highest BCUT2D eigenvalue weighted by Crippen LogP contribution is 2.36. The molecule has 1 unspecified atom stereocenters. The van der Waals surface area contributed by atoms with E-state index < -0.39 is 6.10 Å². The first-order valence-corrected chi connectivity index (χ1v) is 7.30. The lowest BCUT2D eigenvalue weighted by atomic mass is 10.1. The zero-order chi connectivity index (χ0) is 12.4. The number of aliphatic hydroxyl groups excluding tert-OH is 1. The number of thiophene rings is 1. The van der Waals surface area contributed by atoms with Crippen molar-refractivity contribution in [2.75, 3.05) is 0 Å². The fraction of sp³-hybridized carbons (Fsp3) is 0.167. The molecule has 5 heteroatoms. The summed E-state index contributed by atoms with van der Waals surface area (Å²) in [6.07, 6.45) is -0.0219. The van der Waals surface area contributed by atoms with Gasteiger partial charge in [0.15, 0.2) is 0 Å². The number of benzene rings is 1. The summed E-state index contributed by atoms with van der Waals surface area (Å²) >= 11 is 16.5. The normalized spacial score (nSPS) is 12.7. The summed E-state index contributed by atoms with van der Waals surface area (Å²) in [5.41, 5.74) is 1.01. The van der Waals surface area contributed by atoms with Crippen LogP contribution >= 0.6 is 50.5 Å². The number of hydrogen-bond donors (Lipinski definition) is 1. The van der Waals surface area contributed by atoms with Crippen molar-refractivity contribution in [3.8, 4) is 0 Å². The molecule has 0 aliphatic carbocycles. The van der Waals surface area contributed by atoms with E-state index in [4.69, 9.17) is 23.2 Å². The third-order valence-corrected chi connectivity index (χ3v) is 5.12. The van der Waals surface area contributed by atoms with E-state index in [1.807, 2.05) is 30.3 Å². The lowest BCUT2D eigenvalue weighted by molar-refractivity contribution is 0.182. The van der Waals surface area contributed by atoms with Crippen LogP contribution in [0.15, 0.2) is 34.8 Å². The fourth-order valence-corrected chi connectivity index (χ4v) is 3.45. The van der Waals surface area contributed by atoms with Crippen LogP contribution in [0.5, 0.6) is 0 Å². The maximum Gasteiger partial charge on any atom is 0.107 e. The fourth-order valence-electron chi connectivity index (χ4n) is 1.52. The molecule has 1 heterocycles. The van der Waals surface area contributed by atoms with Crippen LogP contribution in [0.1, 0.15) is 16.5 Å². The van der Waals surface area contributed by atoms with Gasteiger partial charge in [0, 0.05) is 20.8 Å². The molecule has 0 bridgehead atoms. The lowest BCUT2D eigenvalue weighted by Crippen LogP contribution is -1.99. The van der Waals surface area contributed by atoms with E-state index in [0.717, 1.165) is 14.9 Å². The van der Waals surface area contributed by atoms with Crippen LogP contribution in [-0.4, -0.2) is 5.11 Å². The quantitative estimate of drug-likeness (QED) is 0.816. The van der Waals surface area contributed by atoms with Crippen molar-refractivity contribution in [3.63, 3.8) is 0 Å². The Morgan fingerprint density at radius 2 is 2.06 bits per heavy atom. The Bertz CT molecular complexity index is 507. The maximum absolute atomic E-state index is 10.1. The Labute approximate surface area is 122 Å². The highest BCUT2D eigenvalue weighted by molar-refractivity contribution is 9.10. The molecule has 1 aromatic heterocycles. The van der Waals surface area contributed by atoms with E-state index in [1.54, 1.807) is 0 Å². The molecule has 1 nitrogen and oxygen atoms in total. The molecule has 1 N–H and O–H groups in total. The Morgan fingerprint density at radius 3 is 2.65 bits per heavy atom. The number of rotatable bonds is 3. The Kier molecular flexibility index (Phi) is 4.50. The van der Waals surface area contributed by atoms with Gasteiger partial charge in [0.1, 0.15) is 4.34 Å². The minimum absolute atomic E-state index is 0.532. The predicted octanol–water partition coefficient (Wildman–Crippen LogP) is 5.09. The van der Waals surface area contributed by atoms with Gasteiger partial charge in [-0.1, -0.05) is 35.3 Å². The average Bonchev–Trinajstić information content (AvgIpc) is 2.59. The van der Waals surface area contributed by atoms with Crippen LogP contribution in [0.2, 0.25) is 9.36 Å². The highest BCUT2D eigenvalue weighted by atomic mass is 79.9. The van der Waals surface area contributed by atoms with Crippen molar-refractivity contribution in [1.29, 1.82) is 0 Å². The van der Waals surface area contributed by atoms with Crippen molar-refractivity contribution in [2.24, 2.45) is 0 Å². The molecule has 0 saturated heterocycles. The van der Waals surface area contributed by atoms with E-state index in [9.17, 15) is 5.11 Å². The summed E-state index contributed by atoms with van der Waals surface area (Å²) in [5, 5.41) is 10.8. The zero-order valence-corrected chi connectivity index (χ0v) is 12.6. The zero-order valence-electron chi connectivity index (χ0n) is 8.66. The molecular weight excluding hydrogens is 343 g/mol. The standard InChI is InChI=1S/C12H9BrCl2OS/c13-9-6-11(17-12(9)15)10(16)5-7-2-1-3-8(14)4-7/h1-4,6,10,16H,5H2. The van der Waals surface area contributed by atoms with Gasteiger partial charge >= 0.3 is 0 Å². The van der Waals surface area contributed by atoms with E-state index in [0.29, 0.717) is 15.8 Å². The third-order valence-electron chi connectivity index (χ3n) is 2.31. The number of aliphatic hydroxyl groups is 1. The minimum Gasteiger partial charge on any atom is -0.387 e. The molecule has 1 atom stereocenters. The van der Waals surface area contributed by atoms with Crippen LogP contribution in [-0.2, 0) is 6.42 Å². The largest absolute Gasteiger partial charge is 0.387 e. The minimum atomic E-state index is -0.553. The van der Waals surface area contributed by atoms with Crippen molar-refractivity contribution in [1.82, 2.24) is 0 Å². The average molecular weight is 352 g/mol. The first-order valence-electron chi connectivity index (χ1n) is 4.93. The van der Waals surface area contributed by atoms with Crippen LogP contribution in [0.3, 0.4) is 0 Å². The van der Waals surface area contributed by atoms with Crippen molar-refractivity contribution >= 4 is 50.5 Å². The summed E-state index contributed by atoms with van der Waals surface area (Å²) in [6.45, 7) is 0. The topological polar surface area (TPSA) is 20.2 Å². The number of halogens is 3. The molecule has 0 spiro atoms. The molecule has 0 saturated carbocycles. The second-order valence-corrected chi connectivity index (χ2v) is 6.60. The Morgan fingerprint density at radius 1 is 1.29 bits per heavy atom. The van der Waals surface area contributed by atoms with Gasteiger partial charge in [-0.05, 0) is 39.7 Å². The first-order chi connectivity index (χ1) is 8.06. The summed E-state index contributed by atoms with van der Waals surface area (Å²) < 4.78 is 1.48. The van der Waals surface area contributed by atoms with Crippen LogP contribution in [0, 0.1) is 0 Å². The van der Waals surface area contributed by atoms with E-state index in [2.05, 4.69) is 15.9 Å². The highest BCUT2D eigenvalue weighted by Gasteiger charge is 2.13. The summed E-state index contributed by atoms with van der Waals surface area (Å²) in [6, 6.07) is 9.34. The Balaban J connectivity index is 2.14. The number of hydrogen-bond acceptors (Lipinski definition) is 2. The lowest BCUT2D eigenvalue weighted by Gasteiger charge is -2.08. The maximum atomic E-state index is 10.1. The molecule has 0 aliphatic rings. The third kappa shape index (κ3) is 3.46. The van der Waals surface area contributed by atoms with Crippen molar-refractivity contribution < 1.29 is 5.11 Å². The van der Waals surface area contributed by atoms with Gasteiger partial charge in [0.25, 0.3) is 0 Å². The van der Waals surface area contributed by atoms with Gasteiger partial charge in [-0.25, -0.2) is 0 Å². The molecule has 1 aromatic carbocycles. The van der Waals surface area contributed by atoms with Crippen molar-refractivity contribution in [3.05, 3.63) is 54.6 Å². The van der Waals surface area contributed by atoms with E-state index in [1.165, 1.54) is 11.3 Å². The van der Waals surface area contributed by atoms with Gasteiger partial charge in [-0.2, -0.15) is 0 Å². The first kappa shape index (κ1) is 13.4. The summed E-state index contributed by atoms with van der Waals surface area (Å²) in [4.78, 5) is 0.849. The Hall–Kier alpha value is -0.0600. The molecule has 17 heavy (non-hydrogen) atoms. The predicted molar refractivity (Wildman–Crippen MR) is 77.1 cm³/mol. The second-order valence-electron chi connectivity index (χ2n) is 3.62. The van der Waals surface area contributed by atoms with Crippen LogP contribution < -0.4 is 0 Å². The SMILES string of the molecule is OC(Cc1cccc(Cl)c1)c1cc(Br)c(Cl)s1. The van der Waals surface area contributed by atoms with Gasteiger partial charge in [0.05, 0.1) is 6.10 Å². The monoisotopic (exact) mass is 350 g/mol. The summed E-state index contributed by atoms with van der Waals surface area (Å²) in [7, 11) is 0. The summed E-state index contributed by atoms with van der Waals surface area (Å²) in [5.74, 6) is 0. The molecular formula is C12H9BrCl2OS. The van der Waals surface area contributed by atoms with Crippen molar-refractivity contribution in [2.45, 2.75) is 12.5 Å². The second kappa shape index (κ2) is 5.72. The molecule has 0 radical (unpaired) electrons. The molecule has 0 aliphatic heterocycles. The van der Waals surface area contributed by atoms with Crippen LogP contribution in [0.25, 0.3) is 0 Å².